The number of benzene rings is 1. The Morgan fingerprint density at radius 2 is 1.78 bits per heavy atom. The number of alkyl halides is 3. The first-order chi connectivity index (χ1) is 12.7. The molecule has 2 aliphatic rings. The second-order valence-electron chi connectivity index (χ2n) is 6.20. The summed E-state index contributed by atoms with van der Waals surface area (Å²) < 4.78 is 44.3. The minimum absolute atomic E-state index is 0.0923. The van der Waals surface area contributed by atoms with E-state index in [0.717, 1.165) is 11.6 Å². The van der Waals surface area contributed by atoms with Gasteiger partial charge >= 0.3 is 12.1 Å². The monoisotopic (exact) mass is 376 g/mol. The van der Waals surface area contributed by atoms with Crippen LogP contribution in [0, 0.1) is 6.92 Å². The summed E-state index contributed by atoms with van der Waals surface area (Å²) in [5, 5.41) is 9.14. The van der Waals surface area contributed by atoms with E-state index in [0.29, 0.717) is 5.56 Å². The van der Waals surface area contributed by atoms with Crippen LogP contribution >= 0.6 is 0 Å². The van der Waals surface area contributed by atoms with Crippen LogP contribution in [0.25, 0.3) is 0 Å². The zero-order chi connectivity index (χ0) is 19.8. The van der Waals surface area contributed by atoms with Gasteiger partial charge in [0.2, 0.25) is 6.10 Å². The average Bonchev–Trinajstić information content (AvgIpc) is 2.81. The van der Waals surface area contributed by atoms with Gasteiger partial charge in [-0.25, -0.2) is 4.79 Å². The van der Waals surface area contributed by atoms with Gasteiger partial charge in [0.05, 0.1) is 5.57 Å². The molecule has 3 rings (SSSR count). The fourth-order valence-corrected chi connectivity index (χ4v) is 2.82. The van der Waals surface area contributed by atoms with Crippen molar-refractivity contribution in [2.24, 2.45) is 0 Å². The maximum absolute atomic E-state index is 13.1. The van der Waals surface area contributed by atoms with Gasteiger partial charge in [-0.05, 0) is 31.6 Å². The number of carbonyl (C=O) groups is 2. The van der Waals surface area contributed by atoms with E-state index in [4.69, 9.17) is 9.84 Å². The highest BCUT2D eigenvalue weighted by Crippen LogP contribution is 2.38. The van der Waals surface area contributed by atoms with Crippen LogP contribution in [0.3, 0.4) is 0 Å². The van der Waals surface area contributed by atoms with Gasteiger partial charge in [0, 0.05) is 16.7 Å². The van der Waals surface area contributed by atoms with E-state index in [1.807, 2.05) is 6.92 Å². The molecule has 0 amide bonds. The lowest BCUT2D eigenvalue weighted by Gasteiger charge is -2.28. The first-order valence-electron chi connectivity index (χ1n) is 8.09. The van der Waals surface area contributed by atoms with Crippen molar-refractivity contribution in [1.82, 2.24) is 0 Å². The number of hydrogen-bond acceptors (Lipinski definition) is 3. The Bertz CT molecular complexity index is 916. The zero-order valence-corrected chi connectivity index (χ0v) is 14.2. The van der Waals surface area contributed by atoms with Crippen molar-refractivity contribution in [3.8, 4) is 0 Å². The number of carbonyl (C=O) groups excluding carboxylic acids is 1. The molecule has 1 aromatic rings. The highest BCUT2D eigenvalue weighted by molar-refractivity contribution is 6.11. The molecule has 4 nitrogen and oxygen atoms in total. The van der Waals surface area contributed by atoms with Gasteiger partial charge < -0.3 is 9.84 Å². The van der Waals surface area contributed by atoms with Crippen molar-refractivity contribution < 1.29 is 32.6 Å². The molecule has 0 aromatic heterocycles. The number of allylic oxidation sites excluding steroid dienone is 5. The van der Waals surface area contributed by atoms with Gasteiger partial charge in [-0.1, -0.05) is 35.9 Å². The molecule has 1 aliphatic heterocycles. The molecule has 140 valence electrons. The van der Waals surface area contributed by atoms with Crippen molar-refractivity contribution >= 4 is 11.8 Å². The van der Waals surface area contributed by atoms with E-state index in [-0.39, 0.29) is 29.1 Å². The minimum Gasteiger partial charge on any atom is -0.478 e. The number of hydrogen-bond donors (Lipinski definition) is 1. The number of ketones is 1. The fraction of sp³-hybridized carbons (Fsp3) is 0.200. The van der Waals surface area contributed by atoms with Crippen LogP contribution in [0.2, 0.25) is 0 Å². The predicted octanol–water partition coefficient (Wildman–Crippen LogP) is 4.29. The van der Waals surface area contributed by atoms with E-state index < -0.39 is 23.8 Å². The van der Waals surface area contributed by atoms with Crippen LogP contribution in [0.5, 0.6) is 0 Å². The average molecular weight is 376 g/mol. The highest BCUT2D eigenvalue weighted by atomic mass is 19.4. The first kappa shape index (κ1) is 18.7. The molecule has 0 fully saturated rings. The van der Waals surface area contributed by atoms with Crippen LogP contribution in [-0.4, -0.2) is 29.1 Å². The molecular weight excluding hydrogens is 361 g/mol. The lowest BCUT2D eigenvalue weighted by atomic mass is 9.97. The minimum atomic E-state index is -4.86. The molecule has 0 saturated carbocycles. The van der Waals surface area contributed by atoms with Gasteiger partial charge in [0.25, 0.3) is 0 Å². The van der Waals surface area contributed by atoms with Gasteiger partial charge in [0.1, 0.15) is 5.76 Å². The highest BCUT2D eigenvalue weighted by Gasteiger charge is 2.49. The zero-order valence-electron chi connectivity index (χ0n) is 14.2. The molecular formula is C20H15F3O4. The van der Waals surface area contributed by atoms with E-state index in [1.54, 1.807) is 30.3 Å². The lowest BCUT2D eigenvalue weighted by molar-refractivity contribution is -0.200. The number of carboxylic acids is 1. The first-order valence-corrected chi connectivity index (χ1v) is 8.09. The van der Waals surface area contributed by atoms with Gasteiger partial charge in [-0.2, -0.15) is 13.2 Å². The maximum Gasteiger partial charge on any atom is 0.430 e. The third kappa shape index (κ3) is 3.86. The van der Waals surface area contributed by atoms with Gasteiger partial charge in [-0.15, -0.1) is 0 Å². The van der Waals surface area contributed by atoms with Crippen LogP contribution in [0.1, 0.15) is 22.3 Å². The second kappa shape index (κ2) is 6.90. The molecule has 0 radical (unpaired) electrons. The molecule has 1 atom stereocenters. The Balaban J connectivity index is 2.00. The Morgan fingerprint density at radius 3 is 2.37 bits per heavy atom. The summed E-state index contributed by atoms with van der Waals surface area (Å²) in [5.41, 5.74) is 0.873. The predicted molar refractivity (Wildman–Crippen MR) is 91.0 cm³/mol. The fourth-order valence-electron chi connectivity index (χ4n) is 2.82. The SMILES string of the molecule is Cc1ccc(C(=O)C2=CCC=C3OC(C(F)(F)F)C(C(=O)O)=CC3=C2)cc1. The molecule has 27 heavy (non-hydrogen) atoms. The summed E-state index contributed by atoms with van der Waals surface area (Å²) in [5.74, 6) is -2.12. The number of aliphatic carboxylic acids is 1. The molecule has 0 spiro atoms. The smallest absolute Gasteiger partial charge is 0.430 e. The molecule has 1 heterocycles. The summed E-state index contributed by atoms with van der Waals surface area (Å²) in [6.07, 6.45) is -1.99. The summed E-state index contributed by atoms with van der Waals surface area (Å²) in [4.78, 5) is 23.9. The molecule has 1 aromatic carbocycles. The van der Waals surface area contributed by atoms with Crippen molar-refractivity contribution in [1.29, 1.82) is 0 Å². The molecule has 1 aliphatic carbocycles. The largest absolute Gasteiger partial charge is 0.478 e. The standard InChI is InChI=1S/C20H15F3O4/c1-11-5-7-12(8-6-11)17(24)13-3-2-4-16-14(9-13)10-15(19(25)26)18(27-16)20(21,22)23/h3-10,18H,2H2,1H3,(H,25,26). The van der Waals surface area contributed by atoms with Crippen molar-refractivity contribution in [3.63, 3.8) is 0 Å². The number of fused-ring (bicyclic) bond motifs is 1. The number of aryl methyl sites for hydroxylation is 1. The Morgan fingerprint density at radius 1 is 1.11 bits per heavy atom. The third-order valence-electron chi connectivity index (χ3n) is 4.20. The quantitative estimate of drug-likeness (QED) is 0.800. The Hall–Kier alpha value is -3.09. The summed E-state index contributed by atoms with van der Waals surface area (Å²) in [6, 6.07) is 6.88. The topological polar surface area (TPSA) is 63.6 Å². The Labute approximate surface area is 152 Å². The molecule has 1 N–H and O–H groups in total. The maximum atomic E-state index is 13.1. The third-order valence-corrected chi connectivity index (χ3v) is 4.20. The normalized spacial score (nSPS) is 19.5. The molecule has 7 heteroatoms. The summed E-state index contributed by atoms with van der Waals surface area (Å²) in [7, 11) is 0. The summed E-state index contributed by atoms with van der Waals surface area (Å²) >= 11 is 0. The van der Waals surface area contributed by atoms with Crippen LogP contribution < -0.4 is 0 Å². The van der Waals surface area contributed by atoms with Crippen LogP contribution in [0.4, 0.5) is 13.2 Å². The van der Waals surface area contributed by atoms with Crippen molar-refractivity contribution in [2.45, 2.75) is 25.6 Å². The van der Waals surface area contributed by atoms with Gasteiger partial charge in [0.15, 0.2) is 5.78 Å². The summed E-state index contributed by atoms with van der Waals surface area (Å²) in [6.45, 7) is 1.88. The van der Waals surface area contributed by atoms with Crippen LogP contribution in [0.15, 0.2) is 71.0 Å². The number of halogens is 3. The number of Topliss-reactive ketones (excluding diaryl/α,β-unsaturated/α-hetero) is 1. The van der Waals surface area contributed by atoms with E-state index in [9.17, 15) is 22.8 Å². The van der Waals surface area contributed by atoms with Crippen molar-refractivity contribution in [3.05, 3.63) is 82.2 Å². The second-order valence-corrected chi connectivity index (χ2v) is 6.20. The van der Waals surface area contributed by atoms with Gasteiger partial charge in [-0.3, -0.25) is 4.79 Å². The van der Waals surface area contributed by atoms with E-state index >= 15 is 0 Å². The number of rotatable bonds is 3. The van der Waals surface area contributed by atoms with Crippen LogP contribution in [-0.2, 0) is 9.53 Å². The van der Waals surface area contributed by atoms with E-state index in [2.05, 4.69) is 0 Å². The molecule has 0 saturated heterocycles. The molecule has 1 unspecified atom stereocenters. The number of carboxylic acid groups (broad SMARTS) is 1. The Kier molecular flexibility index (Phi) is 4.78. The number of ether oxygens (including phenoxy) is 1. The van der Waals surface area contributed by atoms with E-state index in [1.165, 1.54) is 12.2 Å². The lowest BCUT2D eigenvalue weighted by Crippen LogP contribution is -2.38. The van der Waals surface area contributed by atoms with Crippen molar-refractivity contribution in [2.75, 3.05) is 0 Å². The molecule has 0 bridgehead atoms.